The predicted molar refractivity (Wildman–Crippen MR) is 147 cm³/mol. The van der Waals surface area contributed by atoms with Crippen molar-refractivity contribution < 1.29 is 18.3 Å². The molecule has 2 aliphatic heterocycles. The molecule has 2 aromatic heterocycles. The lowest BCUT2D eigenvalue weighted by Crippen LogP contribution is -2.48. The van der Waals surface area contributed by atoms with Crippen LogP contribution in [0.3, 0.4) is 0 Å². The second-order valence-corrected chi connectivity index (χ2v) is 10.6. The molecule has 5 rings (SSSR count). The molecule has 40 heavy (non-hydrogen) atoms. The van der Waals surface area contributed by atoms with E-state index in [2.05, 4.69) is 27.5 Å². The molecule has 0 saturated carbocycles. The maximum Gasteiger partial charge on any atom is 0.225 e. The highest BCUT2D eigenvalue weighted by molar-refractivity contribution is 6.30. The minimum absolute atomic E-state index is 0.0596. The standard InChI is InChI=1S/C30H28ClF2N5O2/c1-19(40-29-7-4-23(31)17-36-29)24-10-13-38(18-25(24)22-3-5-26(32)27(33)14-22)30(39)21-8-11-37(12-9-21)28-6-2-20(15-34)16-35-28/h2-7,14,16-17,21,24-25H,1,8-13,18H2/t24-,25-/m1/s1. The third-order valence-corrected chi connectivity index (χ3v) is 7.91. The second-order valence-electron chi connectivity index (χ2n) is 10.1. The highest BCUT2D eigenvalue weighted by Crippen LogP contribution is 2.39. The number of carbonyl (C=O) groups excluding carboxylic acids is 1. The number of nitriles is 1. The van der Waals surface area contributed by atoms with Crippen molar-refractivity contribution in [2.45, 2.75) is 25.2 Å². The average molecular weight is 564 g/mol. The van der Waals surface area contributed by atoms with E-state index in [1.807, 2.05) is 11.0 Å². The van der Waals surface area contributed by atoms with Gasteiger partial charge in [-0.25, -0.2) is 18.7 Å². The van der Waals surface area contributed by atoms with Gasteiger partial charge in [0.2, 0.25) is 11.8 Å². The first-order valence-corrected chi connectivity index (χ1v) is 13.5. The molecule has 10 heteroatoms. The normalized spacial score (nSPS) is 19.6. The summed E-state index contributed by atoms with van der Waals surface area (Å²) in [6, 6.07) is 12.8. The summed E-state index contributed by atoms with van der Waals surface area (Å²) in [5.74, 6) is -0.953. The van der Waals surface area contributed by atoms with Crippen LogP contribution in [0.1, 0.15) is 36.3 Å². The number of rotatable bonds is 6. The van der Waals surface area contributed by atoms with E-state index in [-0.39, 0.29) is 23.7 Å². The van der Waals surface area contributed by atoms with Crippen LogP contribution in [0.5, 0.6) is 5.88 Å². The Morgan fingerprint density at radius 3 is 2.48 bits per heavy atom. The monoisotopic (exact) mass is 563 g/mol. The Bertz CT molecular complexity index is 1420. The minimum atomic E-state index is -0.936. The van der Waals surface area contributed by atoms with Crippen molar-refractivity contribution >= 4 is 23.3 Å². The molecule has 3 aromatic rings. The van der Waals surface area contributed by atoms with Gasteiger partial charge in [-0.15, -0.1) is 0 Å². The van der Waals surface area contributed by atoms with Crippen molar-refractivity contribution in [3.63, 3.8) is 0 Å². The van der Waals surface area contributed by atoms with Gasteiger partial charge in [0, 0.05) is 62.4 Å². The van der Waals surface area contributed by atoms with Crippen molar-refractivity contribution in [1.29, 1.82) is 5.26 Å². The number of ether oxygens (including phenoxy) is 1. The molecular formula is C30H28ClF2N5O2. The van der Waals surface area contributed by atoms with Gasteiger partial charge in [0.05, 0.1) is 10.6 Å². The van der Waals surface area contributed by atoms with Crippen LogP contribution in [0.2, 0.25) is 5.02 Å². The fourth-order valence-electron chi connectivity index (χ4n) is 5.50. The number of halogens is 3. The number of pyridine rings is 2. The minimum Gasteiger partial charge on any atom is -0.444 e. The van der Waals surface area contributed by atoms with Crippen LogP contribution in [0.4, 0.5) is 14.6 Å². The van der Waals surface area contributed by atoms with E-state index < -0.39 is 11.6 Å². The quantitative estimate of drug-likeness (QED) is 0.357. The first kappa shape index (κ1) is 27.5. The van der Waals surface area contributed by atoms with Crippen LogP contribution >= 0.6 is 11.6 Å². The van der Waals surface area contributed by atoms with Crippen LogP contribution in [-0.4, -0.2) is 47.0 Å². The van der Waals surface area contributed by atoms with Crippen molar-refractivity contribution in [2.75, 3.05) is 31.1 Å². The molecule has 2 saturated heterocycles. The molecule has 1 aromatic carbocycles. The summed E-state index contributed by atoms with van der Waals surface area (Å²) >= 11 is 5.93. The Labute approximate surface area is 236 Å². The summed E-state index contributed by atoms with van der Waals surface area (Å²) in [6.45, 7) is 6.31. The smallest absolute Gasteiger partial charge is 0.225 e. The number of piperidine rings is 2. The largest absolute Gasteiger partial charge is 0.444 e. The fraction of sp³-hybridized carbons (Fsp3) is 0.333. The Kier molecular flexibility index (Phi) is 8.27. The number of carbonyl (C=O) groups is 1. The van der Waals surface area contributed by atoms with Crippen molar-refractivity contribution in [2.24, 2.45) is 11.8 Å². The zero-order valence-corrected chi connectivity index (χ0v) is 22.5. The second kappa shape index (κ2) is 12.0. The van der Waals surface area contributed by atoms with Crippen molar-refractivity contribution in [3.8, 4) is 11.9 Å². The van der Waals surface area contributed by atoms with Gasteiger partial charge in [0.1, 0.15) is 17.6 Å². The Morgan fingerprint density at radius 1 is 1.02 bits per heavy atom. The molecule has 0 N–H and O–H groups in total. The van der Waals surface area contributed by atoms with Crippen molar-refractivity contribution in [3.05, 3.63) is 95.0 Å². The third kappa shape index (κ3) is 6.07. The molecule has 0 bridgehead atoms. The Hall–Kier alpha value is -4.03. The van der Waals surface area contributed by atoms with Crippen LogP contribution in [-0.2, 0) is 4.79 Å². The molecule has 1 amide bonds. The molecule has 2 atom stereocenters. The number of anilines is 1. The third-order valence-electron chi connectivity index (χ3n) is 7.69. The molecule has 0 aliphatic carbocycles. The van der Waals surface area contributed by atoms with Gasteiger partial charge in [-0.2, -0.15) is 5.26 Å². The van der Waals surface area contributed by atoms with E-state index >= 15 is 0 Å². The van der Waals surface area contributed by atoms with E-state index in [0.717, 1.165) is 11.9 Å². The van der Waals surface area contributed by atoms with Crippen molar-refractivity contribution in [1.82, 2.24) is 14.9 Å². The number of amides is 1. The SMILES string of the molecule is C=C(Oc1ccc(Cl)cn1)[C@H]1CCN(C(=O)C2CCN(c3ccc(C#N)cn3)CC2)C[C@@H]1c1ccc(F)c(F)c1. The summed E-state index contributed by atoms with van der Waals surface area (Å²) in [6.07, 6.45) is 4.93. The molecule has 2 aliphatic rings. The maximum atomic E-state index is 14.3. The number of hydrogen-bond acceptors (Lipinski definition) is 6. The van der Waals surface area contributed by atoms with Gasteiger partial charge in [-0.1, -0.05) is 24.2 Å². The van der Waals surface area contributed by atoms with Crippen LogP contribution in [0, 0.1) is 34.8 Å². The van der Waals surface area contributed by atoms with Gasteiger partial charge in [0.15, 0.2) is 11.6 Å². The van der Waals surface area contributed by atoms with E-state index in [4.69, 9.17) is 21.6 Å². The van der Waals surface area contributed by atoms with Crippen LogP contribution < -0.4 is 9.64 Å². The number of likely N-dealkylation sites (tertiary alicyclic amines) is 1. The van der Waals surface area contributed by atoms with Crippen LogP contribution in [0.15, 0.2) is 67.2 Å². The summed E-state index contributed by atoms with van der Waals surface area (Å²) < 4.78 is 33.9. The molecule has 0 spiro atoms. The molecule has 206 valence electrons. The Morgan fingerprint density at radius 2 is 1.82 bits per heavy atom. The average Bonchev–Trinajstić information content (AvgIpc) is 2.99. The summed E-state index contributed by atoms with van der Waals surface area (Å²) in [5.41, 5.74) is 1.09. The topological polar surface area (TPSA) is 82.4 Å². The molecule has 0 unspecified atom stereocenters. The zero-order valence-electron chi connectivity index (χ0n) is 21.8. The van der Waals surface area contributed by atoms with Gasteiger partial charge in [0.25, 0.3) is 0 Å². The number of hydrogen-bond donors (Lipinski definition) is 0. The number of aromatic nitrogens is 2. The molecule has 2 fully saturated rings. The molecular weight excluding hydrogens is 536 g/mol. The lowest BCUT2D eigenvalue weighted by atomic mass is 9.79. The van der Waals surface area contributed by atoms with Gasteiger partial charge >= 0.3 is 0 Å². The highest BCUT2D eigenvalue weighted by Gasteiger charge is 2.38. The van der Waals surface area contributed by atoms with E-state index in [1.165, 1.54) is 12.3 Å². The van der Waals surface area contributed by atoms with Crippen LogP contribution in [0.25, 0.3) is 0 Å². The van der Waals surface area contributed by atoms with E-state index in [1.54, 1.807) is 30.5 Å². The Balaban J connectivity index is 1.28. The fourth-order valence-corrected chi connectivity index (χ4v) is 5.62. The van der Waals surface area contributed by atoms with E-state index in [0.29, 0.717) is 73.2 Å². The highest BCUT2D eigenvalue weighted by atomic mass is 35.5. The summed E-state index contributed by atoms with van der Waals surface area (Å²) in [7, 11) is 0. The van der Waals surface area contributed by atoms with Gasteiger partial charge in [-0.05, 0) is 55.2 Å². The maximum absolute atomic E-state index is 14.3. The van der Waals surface area contributed by atoms with Gasteiger partial charge in [-0.3, -0.25) is 4.79 Å². The molecule has 4 heterocycles. The number of nitrogens with zero attached hydrogens (tertiary/aromatic N) is 5. The molecule has 0 radical (unpaired) electrons. The molecule has 7 nitrogen and oxygen atoms in total. The predicted octanol–water partition coefficient (Wildman–Crippen LogP) is 5.72. The van der Waals surface area contributed by atoms with Gasteiger partial charge < -0.3 is 14.5 Å². The zero-order chi connectivity index (χ0) is 28.2. The lowest BCUT2D eigenvalue weighted by Gasteiger charge is -2.41. The lowest BCUT2D eigenvalue weighted by molar-refractivity contribution is -0.138. The summed E-state index contributed by atoms with van der Waals surface area (Å²) in [5, 5.41) is 9.47. The first-order valence-electron chi connectivity index (χ1n) is 13.2. The first-order chi connectivity index (χ1) is 19.3. The summed E-state index contributed by atoms with van der Waals surface area (Å²) in [4.78, 5) is 26.1. The van der Waals surface area contributed by atoms with E-state index in [9.17, 15) is 13.6 Å². The number of benzene rings is 1. The number of allylic oxidation sites excluding steroid dienone is 1.